The molecule has 76 valence electrons. The fourth-order valence-electron chi connectivity index (χ4n) is 0.774. The third-order valence-electron chi connectivity index (χ3n) is 1.66. The summed E-state index contributed by atoms with van der Waals surface area (Å²) in [6.07, 6.45) is 0.783. The van der Waals surface area contributed by atoms with Crippen molar-refractivity contribution in [2.45, 2.75) is 25.3 Å². The molecule has 1 atom stereocenters. The van der Waals surface area contributed by atoms with Gasteiger partial charge in [-0.3, -0.25) is 4.79 Å². The van der Waals surface area contributed by atoms with Crippen LogP contribution in [0.1, 0.15) is 19.8 Å². The highest BCUT2D eigenvalue weighted by atomic mass is 16.4. The van der Waals surface area contributed by atoms with Crippen LogP contribution in [0.15, 0.2) is 0 Å². The first-order valence-corrected chi connectivity index (χ1v) is 3.92. The Kier molecular flexibility index (Phi) is 4.19. The molecule has 0 saturated carbocycles. The third kappa shape index (κ3) is 5.02. The quantitative estimate of drug-likeness (QED) is 0.425. The number of hydrogen-bond acceptors (Lipinski definition) is 3. The van der Waals surface area contributed by atoms with E-state index in [9.17, 15) is 9.59 Å². The van der Waals surface area contributed by atoms with Gasteiger partial charge in [-0.2, -0.15) is 0 Å². The molecule has 0 spiro atoms. The zero-order chi connectivity index (χ0) is 10.5. The first kappa shape index (κ1) is 11.7. The van der Waals surface area contributed by atoms with E-state index in [1.165, 1.54) is 6.92 Å². The van der Waals surface area contributed by atoms with E-state index >= 15 is 0 Å². The lowest BCUT2D eigenvalue weighted by Gasteiger charge is -2.18. The van der Waals surface area contributed by atoms with Gasteiger partial charge in [0.05, 0.1) is 0 Å². The number of nitrogens with two attached hydrogens (primary N) is 2. The lowest BCUT2D eigenvalue weighted by Crippen LogP contribution is -2.45. The first-order chi connectivity index (χ1) is 5.86. The number of rotatable bonds is 5. The summed E-state index contributed by atoms with van der Waals surface area (Å²) in [5.41, 5.74) is 9.00. The number of carboxylic acid groups (broad SMARTS) is 1. The first-order valence-electron chi connectivity index (χ1n) is 3.92. The van der Waals surface area contributed by atoms with E-state index in [2.05, 4.69) is 5.32 Å². The van der Waals surface area contributed by atoms with Gasteiger partial charge in [0.15, 0.2) is 0 Å². The molecule has 0 aromatic carbocycles. The van der Waals surface area contributed by atoms with Gasteiger partial charge in [-0.15, -0.1) is 0 Å². The van der Waals surface area contributed by atoms with Crippen molar-refractivity contribution in [3.8, 4) is 0 Å². The number of carbonyl (C=O) groups excluding carboxylic acids is 1. The third-order valence-corrected chi connectivity index (χ3v) is 1.66. The molecule has 0 aliphatic rings. The molecular weight excluding hydrogens is 174 g/mol. The minimum atomic E-state index is -1.24. The van der Waals surface area contributed by atoms with Gasteiger partial charge in [-0.25, -0.2) is 4.79 Å². The van der Waals surface area contributed by atoms with Crippen LogP contribution in [0.3, 0.4) is 0 Å². The smallest absolute Gasteiger partial charge is 0.323 e. The molecule has 0 aliphatic heterocycles. The fourth-order valence-corrected chi connectivity index (χ4v) is 0.774. The van der Waals surface area contributed by atoms with E-state index in [0.717, 1.165) is 0 Å². The maximum atomic E-state index is 10.5. The van der Waals surface area contributed by atoms with Crippen molar-refractivity contribution < 1.29 is 14.7 Å². The summed E-state index contributed by atoms with van der Waals surface area (Å²) in [5.74, 6) is -1.05. The van der Waals surface area contributed by atoms with Crippen molar-refractivity contribution in [2.75, 3.05) is 6.54 Å². The molecule has 0 radical (unpaired) electrons. The Labute approximate surface area is 76.3 Å². The van der Waals surface area contributed by atoms with E-state index in [4.69, 9.17) is 16.6 Å². The monoisotopic (exact) mass is 189 g/mol. The van der Waals surface area contributed by atoms with Gasteiger partial charge in [-0.1, -0.05) is 0 Å². The largest absolute Gasteiger partial charge is 0.480 e. The standard InChI is InChI=1S/C7H15N3O3/c1-7(9,5(11)12)3-2-4-10-6(8)13/h2-4,9H2,1H3,(H,11,12)(H3,8,10,13)/t7-/m0/s1. The van der Waals surface area contributed by atoms with Crippen LogP contribution in [-0.4, -0.2) is 29.2 Å². The number of hydrogen-bond donors (Lipinski definition) is 4. The molecule has 2 amide bonds. The maximum absolute atomic E-state index is 10.5. The van der Waals surface area contributed by atoms with Crippen LogP contribution in [0.25, 0.3) is 0 Å². The number of aliphatic carboxylic acids is 1. The van der Waals surface area contributed by atoms with E-state index in [0.29, 0.717) is 19.4 Å². The van der Waals surface area contributed by atoms with Crippen LogP contribution in [0.2, 0.25) is 0 Å². The molecule has 13 heavy (non-hydrogen) atoms. The SMILES string of the molecule is C[C@](N)(CCCNC(N)=O)C(=O)O. The zero-order valence-electron chi connectivity index (χ0n) is 7.54. The van der Waals surface area contributed by atoms with Gasteiger partial charge in [-0.05, 0) is 19.8 Å². The summed E-state index contributed by atoms with van der Waals surface area (Å²) >= 11 is 0. The molecular formula is C7H15N3O3. The van der Waals surface area contributed by atoms with Crippen molar-refractivity contribution in [2.24, 2.45) is 11.5 Å². The maximum Gasteiger partial charge on any atom is 0.323 e. The van der Waals surface area contributed by atoms with E-state index < -0.39 is 17.5 Å². The number of carboxylic acids is 1. The molecule has 6 N–H and O–H groups in total. The Balaban J connectivity index is 3.64. The molecule has 0 rings (SSSR count). The molecule has 6 heteroatoms. The highest BCUT2D eigenvalue weighted by molar-refractivity contribution is 5.77. The molecule has 0 aliphatic carbocycles. The number of primary amides is 1. The summed E-state index contributed by atoms with van der Waals surface area (Å²) < 4.78 is 0. The van der Waals surface area contributed by atoms with E-state index in [1.54, 1.807) is 0 Å². The molecule has 0 unspecified atom stereocenters. The second-order valence-electron chi connectivity index (χ2n) is 3.12. The average molecular weight is 189 g/mol. The minimum absolute atomic E-state index is 0.294. The van der Waals surface area contributed by atoms with Gasteiger partial charge < -0.3 is 21.9 Å². The topological polar surface area (TPSA) is 118 Å². The Bertz CT molecular complexity index is 203. The second-order valence-corrected chi connectivity index (χ2v) is 3.12. The van der Waals surface area contributed by atoms with Gasteiger partial charge in [0.2, 0.25) is 0 Å². The number of urea groups is 1. The molecule has 0 aromatic heterocycles. The molecule has 6 nitrogen and oxygen atoms in total. The van der Waals surface area contributed by atoms with Crippen molar-refractivity contribution in [1.29, 1.82) is 0 Å². The van der Waals surface area contributed by atoms with Crippen LogP contribution in [0, 0.1) is 0 Å². The Morgan fingerprint density at radius 2 is 2.08 bits per heavy atom. The van der Waals surface area contributed by atoms with Gasteiger partial charge >= 0.3 is 12.0 Å². The van der Waals surface area contributed by atoms with Gasteiger partial charge in [0.1, 0.15) is 5.54 Å². The average Bonchev–Trinajstić information content (AvgIpc) is 1.97. The highest BCUT2D eigenvalue weighted by Crippen LogP contribution is 2.07. The Morgan fingerprint density at radius 1 is 1.54 bits per heavy atom. The second kappa shape index (κ2) is 4.66. The van der Waals surface area contributed by atoms with Crippen LogP contribution in [0.5, 0.6) is 0 Å². The van der Waals surface area contributed by atoms with Crippen molar-refractivity contribution in [3.63, 3.8) is 0 Å². The van der Waals surface area contributed by atoms with Crippen LogP contribution < -0.4 is 16.8 Å². The summed E-state index contributed by atoms with van der Waals surface area (Å²) in [6, 6.07) is -0.617. The Morgan fingerprint density at radius 3 is 2.46 bits per heavy atom. The van der Waals surface area contributed by atoms with Crippen LogP contribution in [0.4, 0.5) is 4.79 Å². The fraction of sp³-hybridized carbons (Fsp3) is 0.714. The zero-order valence-corrected chi connectivity index (χ0v) is 7.54. The summed E-state index contributed by atoms with van der Waals surface area (Å²) in [7, 11) is 0. The van der Waals surface area contributed by atoms with E-state index in [-0.39, 0.29) is 0 Å². The Hall–Kier alpha value is -1.30. The van der Waals surface area contributed by atoms with Crippen molar-refractivity contribution in [1.82, 2.24) is 5.32 Å². The molecule has 0 bridgehead atoms. The van der Waals surface area contributed by atoms with Crippen LogP contribution >= 0.6 is 0 Å². The van der Waals surface area contributed by atoms with Gasteiger partial charge in [0, 0.05) is 6.54 Å². The lowest BCUT2D eigenvalue weighted by molar-refractivity contribution is -0.142. The summed E-state index contributed by atoms with van der Waals surface area (Å²) in [5, 5.41) is 11.0. The molecule has 0 aromatic rings. The normalized spacial score (nSPS) is 14.6. The van der Waals surface area contributed by atoms with Gasteiger partial charge in [0.25, 0.3) is 0 Å². The predicted octanol–water partition coefficient (Wildman–Crippen LogP) is -0.763. The number of nitrogens with one attached hydrogen (secondary N) is 1. The summed E-state index contributed by atoms with van der Waals surface area (Å²) in [4.78, 5) is 20.7. The molecule has 0 fully saturated rings. The minimum Gasteiger partial charge on any atom is -0.480 e. The number of carbonyl (C=O) groups is 2. The van der Waals surface area contributed by atoms with Crippen molar-refractivity contribution in [3.05, 3.63) is 0 Å². The lowest BCUT2D eigenvalue weighted by atomic mass is 9.98. The predicted molar refractivity (Wildman–Crippen MR) is 47.0 cm³/mol. The molecule has 0 heterocycles. The van der Waals surface area contributed by atoms with Crippen molar-refractivity contribution >= 4 is 12.0 Å². The summed E-state index contributed by atoms with van der Waals surface area (Å²) in [6.45, 7) is 1.77. The van der Waals surface area contributed by atoms with E-state index in [1.807, 2.05) is 0 Å². The highest BCUT2D eigenvalue weighted by Gasteiger charge is 2.26. The van der Waals surface area contributed by atoms with Crippen LogP contribution in [-0.2, 0) is 4.79 Å². The molecule has 0 saturated heterocycles. The number of amides is 2.